The fourth-order valence-electron chi connectivity index (χ4n) is 3.13. The first-order chi connectivity index (χ1) is 14.5. The first-order valence-corrected chi connectivity index (χ1v) is 9.45. The van der Waals surface area contributed by atoms with Crippen molar-refractivity contribution in [2.75, 3.05) is 6.54 Å². The highest BCUT2D eigenvalue weighted by atomic mass is 16.2. The quantitative estimate of drug-likeness (QED) is 0.499. The first-order valence-electron chi connectivity index (χ1n) is 9.45. The molecule has 3 aromatic heterocycles. The van der Waals surface area contributed by atoms with E-state index in [9.17, 15) is 14.4 Å². The third-order valence-corrected chi connectivity index (χ3v) is 4.77. The summed E-state index contributed by atoms with van der Waals surface area (Å²) in [6, 6.07) is 11.0. The second-order valence-corrected chi connectivity index (χ2v) is 6.94. The summed E-state index contributed by atoms with van der Waals surface area (Å²) < 4.78 is 3.10. The van der Waals surface area contributed by atoms with Crippen molar-refractivity contribution >= 4 is 16.9 Å². The number of H-pyrrole nitrogens is 1. The summed E-state index contributed by atoms with van der Waals surface area (Å²) >= 11 is 0. The molecule has 0 unspecified atom stereocenters. The Morgan fingerprint density at radius 3 is 2.73 bits per heavy atom. The Morgan fingerprint density at radius 2 is 1.97 bits per heavy atom. The third-order valence-electron chi connectivity index (χ3n) is 4.77. The number of rotatable bonds is 6. The first kappa shape index (κ1) is 19.3. The van der Waals surface area contributed by atoms with E-state index < -0.39 is 11.5 Å². The average Bonchev–Trinajstić information content (AvgIpc) is 3.15. The number of nitrogens with one attached hydrogen (secondary N) is 2. The topological polar surface area (TPSA) is 115 Å². The van der Waals surface area contributed by atoms with Gasteiger partial charge in [0, 0.05) is 12.7 Å². The second-order valence-electron chi connectivity index (χ2n) is 6.94. The van der Waals surface area contributed by atoms with Crippen LogP contribution in [0.1, 0.15) is 21.5 Å². The molecule has 4 aromatic rings. The Bertz CT molecular complexity index is 1320. The van der Waals surface area contributed by atoms with Crippen molar-refractivity contribution < 1.29 is 4.79 Å². The van der Waals surface area contributed by atoms with E-state index in [4.69, 9.17) is 0 Å². The molecular formula is C21H20N6O3. The van der Waals surface area contributed by atoms with Gasteiger partial charge in [0.2, 0.25) is 0 Å². The standard InChI is InChI=1S/C21H20N6O3/c1-14-4-6-15(7-5-14)12-26-13-24-18-17(21(26)30)11-25-27(18)10-9-23-20(29)16-3-2-8-22-19(16)28/h2-8,11,13H,9-10,12H2,1H3,(H,22,28)(H,23,29). The summed E-state index contributed by atoms with van der Waals surface area (Å²) in [6.07, 6.45) is 4.46. The number of pyridine rings is 1. The molecule has 9 heteroatoms. The number of hydrogen-bond donors (Lipinski definition) is 2. The maximum atomic E-state index is 12.8. The van der Waals surface area contributed by atoms with Gasteiger partial charge in [-0.25, -0.2) is 9.67 Å². The molecule has 2 N–H and O–H groups in total. The molecule has 3 heterocycles. The van der Waals surface area contributed by atoms with E-state index in [2.05, 4.69) is 20.4 Å². The maximum absolute atomic E-state index is 12.8. The van der Waals surface area contributed by atoms with Crippen molar-refractivity contribution in [3.8, 4) is 0 Å². The van der Waals surface area contributed by atoms with E-state index in [0.717, 1.165) is 11.1 Å². The second kappa shape index (κ2) is 8.16. The Balaban J connectivity index is 1.47. The predicted octanol–water partition coefficient (Wildman–Crippen LogP) is 1.07. The number of aromatic nitrogens is 5. The highest BCUT2D eigenvalue weighted by molar-refractivity contribution is 5.93. The SMILES string of the molecule is Cc1ccc(Cn2cnc3c(cnn3CCNC(=O)c3ccc[nH]c3=O)c2=O)cc1. The van der Waals surface area contributed by atoms with Crippen molar-refractivity contribution in [3.63, 3.8) is 0 Å². The molecule has 0 atom stereocenters. The highest BCUT2D eigenvalue weighted by Gasteiger charge is 2.12. The average molecular weight is 404 g/mol. The van der Waals surface area contributed by atoms with Gasteiger partial charge in [0.05, 0.1) is 19.3 Å². The summed E-state index contributed by atoms with van der Waals surface area (Å²) in [6.45, 7) is 2.99. The number of aromatic amines is 1. The number of fused-ring (bicyclic) bond motifs is 1. The lowest BCUT2D eigenvalue weighted by Gasteiger charge is -2.07. The van der Waals surface area contributed by atoms with Crippen LogP contribution in [0.15, 0.2) is 64.7 Å². The van der Waals surface area contributed by atoms with Gasteiger partial charge < -0.3 is 10.3 Å². The Morgan fingerprint density at radius 1 is 1.17 bits per heavy atom. The number of amides is 1. The van der Waals surface area contributed by atoms with Crippen LogP contribution in [0, 0.1) is 6.92 Å². The van der Waals surface area contributed by atoms with Crippen LogP contribution in [-0.4, -0.2) is 36.8 Å². The molecule has 152 valence electrons. The van der Waals surface area contributed by atoms with Crippen LogP contribution in [0.5, 0.6) is 0 Å². The fourth-order valence-corrected chi connectivity index (χ4v) is 3.13. The van der Waals surface area contributed by atoms with E-state index in [0.29, 0.717) is 24.1 Å². The maximum Gasteiger partial charge on any atom is 0.264 e. The van der Waals surface area contributed by atoms with Crippen molar-refractivity contribution in [3.05, 3.63) is 92.5 Å². The minimum absolute atomic E-state index is 0.0416. The molecule has 1 amide bonds. The molecule has 9 nitrogen and oxygen atoms in total. The molecule has 4 rings (SSSR count). The van der Waals surface area contributed by atoms with Crippen LogP contribution < -0.4 is 16.4 Å². The summed E-state index contributed by atoms with van der Waals surface area (Å²) in [4.78, 5) is 43.4. The van der Waals surface area contributed by atoms with Gasteiger partial charge in [-0.2, -0.15) is 5.10 Å². The van der Waals surface area contributed by atoms with Crippen LogP contribution >= 0.6 is 0 Å². The third kappa shape index (κ3) is 3.90. The van der Waals surface area contributed by atoms with Crippen molar-refractivity contribution in [1.82, 2.24) is 29.6 Å². The minimum Gasteiger partial charge on any atom is -0.350 e. The highest BCUT2D eigenvalue weighted by Crippen LogP contribution is 2.08. The van der Waals surface area contributed by atoms with Crippen molar-refractivity contribution in [2.24, 2.45) is 0 Å². The van der Waals surface area contributed by atoms with E-state index in [1.54, 1.807) is 15.3 Å². The molecule has 1 aromatic carbocycles. The molecule has 30 heavy (non-hydrogen) atoms. The van der Waals surface area contributed by atoms with Gasteiger partial charge >= 0.3 is 0 Å². The summed E-state index contributed by atoms with van der Waals surface area (Å²) in [5.74, 6) is -0.471. The summed E-state index contributed by atoms with van der Waals surface area (Å²) in [5.41, 5.74) is 2.04. The normalized spacial score (nSPS) is 11.0. The van der Waals surface area contributed by atoms with Gasteiger partial charge in [-0.05, 0) is 24.6 Å². The summed E-state index contributed by atoms with van der Waals surface area (Å²) in [7, 11) is 0. The van der Waals surface area contributed by atoms with E-state index in [1.165, 1.54) is 24.8 Å². The lowest BCUT2D eigenvalue weighted by atomic mass is 10.1. The van der Waals surface area contributed by atoms with Gasteiger partial charge in [-0.1, -0.05) is 29.8 Å². The largest absolute Gasteiger partial charge is 0.350 e. The number of carbonyl (C=O) groups is 1. The van der Waals surface area contributed by atoms with Crippen LogP contribution in [0.3, 0.4) is 0 Å². The smallest absolute Gasteiger partial charge is 0.264 e. The zero-order chi connectivity index (χ0) is 21.1. The molecule has 0 aliphatic heterocycles. The number of nitrogens with zero attached hydrogens (tertiary/aromatic N) is 4. The van der Waals surface area contributed by atoms with Crippen LogP contribution in [0.2, 0.25) is 0 Å². The minimum atomic E-state index is -0.471. The lowest BCUT2D eigenvalue weighted by Crippen LogP contribution is -2.31. The van der Waals surface area contributed by atoms with E-state index in [-0.39, 0.29) is 17.7 Å². The molecule has 0 aliphatic carbocycles. The Labute approximate surface area is 171 Å². The van der Waals surface area contributed by atoms with Crippen molar-refractivity contribution in [2.45, 2.75) is 20.0 Å². The van der Waals surface area contributed by atoms with Gasteiger partial charge in [0.25, 0.3) is 17.0 Å². The number of hydrogen-bond acceptors (Lipinski definition) is 5. The molecule has 0 radical (unpaired) electrons. The van der Waals surface area contributed by atoms with Crippen LogP contribution in [0.4, 0.5) is 0 Å². The van der Waals surface area contributed by atoms with E-state index in [1.807, 2.05) is 31.2 Å². The Kier molecular flexibility index (Phi) is 5.25. The zero-order valence-electron chi connectivity index (χ0n) is 16.3. The molecule has 0 saturated heterocycles. The van der Waals surface area contributed by atoms with Crippen molar-refractivity contribution in [1.29, 1.82) is 0 Å². The van der Waals surface area contributed by atoms with E-state index >= 15 is 0 Å². The zero-order valence-corrected chi connectivity index (χ0v) is 16.3. The fraction of sp³-hybridized carbons (Fsp3) is 0.190. The lowest BCUT2D eigenvalue weighted by molar-refractivity contribution is 0.0950. The molecule has 0 aliphatic rings. The van der Waals surface area contributed by atoms with Gasteiger partial charge in [0.15, 0.2) is 5.65 Å². The monoisotopic (exact) mass is 404 g/mol. The van der Waals surface area contributed by atoms with Crippen LogP contribution in [-0.2, 0) is 13.1 Å². The number of carbonyl (C=O) groups excluding carboxylic acids is 1. The predicted molar refractivity (Wildman–Crippen MR) is 111 cm³/mol. The number of aryl methyl sites for hydroxylation is 1. The van der Waals surface area contributed by atoms with Gasteiger partial charge in [0.1, 0.15) is 17.3 Å². The van der Waals surface area contributed by atoms with Gasteiger partial charge in [-0.15, -0.1) is 0 Å². The molecule has 0 saturated carbocycles. The Hall–Kier alpha value is -4.01. The molecule has 0 bridgehead atoms. The summed E-state index contributed by atoms with van der Waals surface area (Å²) in [5, 5.41) is 7.31. The number of benzene rings is 1. The molecule has 0 fully saturated rings. The van der Waals surface area contributed by atoms with Gasteiger partial charge in [-0.3, -0.25) is 19.0 Å². The van der Waals surface area contributed by atoms with Crippen LogP contribution in [0.25, 0.3) is 11.0 Å². The molecular weight excluding hydrogens is 384 g/mol. The molecule has 0 spiro atoms.